The van der Waals surface area contributed by atoms with Crippen LogP contribution in [0.25, 0.3) is 76.5 Å². The average molecular weight is 518 g/mol. The van der Waals surface area contributed by atoms with E-state index in [1.807, 2.05) is 66.7 Å². The lowest BCUT2D eigenvalue weighted by molar-refractivity contribution is 1.63. The van der Waals surface area contributed by atoms with Crippen LogP contribution in [0.1, 0.15) is 15.1 Å². The van der Waals surface area contributed by atoms with E-state index in [0.29, 0.717) is 16.3 Å². The number of hydrogen-bond acceptors (Lipinski definition) is 0. The van der Waals surface area contributed by atoms with Gasteiger partial charge in [-0.25, -0.2) is 0 Å². The highest BCUT2D eigenvalue weighted by Gasteiger charge is 2.17. The third kappa shape index (κ3) is 3.54. The summed E-state index contributed by atoms with van der Waals surface area (Å²) < 4.78 is 96.8. The van der Waals surface area contributed by atoms with Gasteiger partial charge in [0.2, 0.25) is 0 Å². The maximum atomic E-state index is 9.40. The zero-order chi connectivity index (χ0) is 36.0. The molecule has 0 aliphatic carbocycles. The minimum absolute atomic E-state index is 0.0339. The van der Waals surface area contributed by atoms with Crippen LogP contribution in [0.2, 0.25) is 0 Å². The molecule has 0 aliphatic rings. The van der Waals surface area contributed by atoms with E-state index in [1.165, 1.54) is 0 Å². The second-order valence-corrected chi connectivity index (χ2v) is 9.62. The summed E-state index contributed by atoms with van der Waals surface area (Å²) in [5, 5.41) is 4.63. The fourth-order valence-electron chi connectivity index (χ4n) is 5.69. The molecule has 8 aromatic carbocycles. The van der Waals surface area contributed by atoms with Gasteiger partial charge in [0.1, 0.15) is 0 Å². The predicted molar refractivity (Wildman–Crippen MR) is 173 cm³/mol. The SMILES string of the molecule is [2H]c1c([2H])c(-c2c([2H])c([2H])c([2H])c3c([2H])c([2H])c([2H])c([2H])c23)c([2H])c([2H])c1-c1c2ccccc2c(-c2cccc3ccccc23)c2ccccc12. The van der Waals surface area contributed by atoms with Gasteiger partial charge in [-0.3, -0.25) is 0 Å². The van der Waals surface area contributed by atoms with Gasteiger partial charge in [0.15, 0.2) is 0 Å². The van der Waals surface area contributed by atoms with E-state index in [-0.39, 0.29) is 27.5 Å². The Morgan fingerprint density at radius 1 is 0.325 bits per heavy atom. The summed E-state index contributed by atoms with van der Waals surface area (Å²) in [6.07, 6.45) is 0. The molecule has 0 fully saturated rings. The van der Waals surface area contributed by atoms with E-state index in [2.05, 4.69) is 24.3 Å². The van der Waals surface area contributed by atoms with Crippen molar-refractivity contribution in [1.29, 1.82) is 0 Å². The van der Waals surface area contributed by atoms with Gasteiger partial charge >= 0.3 is 0 Å². The molecule has 0 amide bonds. The first kappa shape index (κ1) is 14.3. The Balaban J connectivity index is 1.51. The normalized spacial score (nSPS) is 15.3. The first-order chi connectivity index (χ1) is 24.5. The number of hydrogen-bond donors (Lipinski definition) is 0. The zero-order valence-electron chi connectivity index (χ0n) is 32.2. The van der Waals surface area contributed by atoms with Crippen LogP contribution in [-0.2, 0) is 0 Å². The van der Waals surface area contributed by atoms with Crippen molar-refractivity contribution in [3.05, 3.63) is 157 Å². The summed E-state index contributed by atoms with van der Waals surface area (Å²) in [4.78, 5) is 0. The van der Waals surface area contributed by atoms with Crippen LogP contribution in [0.3, 0.4) is 0 Å². The fraction of sp³-hybridized carbons (Fsp3) is 0. The molecule has 8 rings (SSSR count). The monoisotopic (exact) mass is 517 g/mol. The molecule has 0 aromatic heterocycles. The summed E-state index contributed by atoms with van der Waals surface area (Å²) in [6, 6.07) is 23.4. The van der Waals surface area contributed by atoms with Gasteiger partial charge in [0, 0.05) is 0 Å². The molecule has 0 bridgehead atoms. The summed E-state index contributed by atoms with van der Waals surface area (Å²) in [6.45, 7) is 0. The molecule has 0 saturated carbocycles. The van der Waals surface area contributed by atoms with Gasteiger partial charge in [0.25, 0.3) is 0 Å². The lowest BCUT2D eigenvalue weighted by atomic mass is 9.84. The highest BCUT2D eigenvalue weighted by molar-refractivity contribution is 6.23. The van der Waals surface area contributed by atoms with E-state index < -0.39 is 66.5 Å². The van der Waals surface area contributed by atoms with Gasteiger partial charge in [0.05, 0.1) is 15.1 Å². The molecule has 0 nitrogen and oxygen atoms in total. The smallest absolute Gasteiger partial charge is 0.0616 e. The summed E-state index contributed by atoms with van der Waals surface area (Å²) in [5.74, 6) is 0. The number of fused-ring (bicyclic) bond motifs is 4. The Labute approximate surface area is 249 Å². The molecular formula is C40H26. The third-order valence-electron chi connectivity index (χ3n) is 7.43. The highest BCUT2D eigenvalue weighted by atomic mass is 14.2. The Bertz CT molecular complexity index is 2720. The number of rotatable bonds is 3. The van der Waals surface area contributed by atoms with Crippen LogP contribution >= 0.6 is 0 Å². The first-order valence-corrected chi connectivity index (χ1v) is 13.0. The molecule has 0 atom stereocenters. The molecule has 40 heavy (non-hydrogen) atoms. The highest BCUT2D eigenvalue weighted by Crippen LogP contribution is 2.45. The minimum Gasteiger partial charge on any atom is -0.0616 e. The van der Waals surface area contributed by atoms with E-state index in [1.54, 1.807) is 0 Å². The Morgan fingerprint density at radius 2 is 0.875 bits per heavy atom. The zero-order valence-corrected chi connectivity index (χ0v) is 21.2. The average Bonchev–Trinajstić information content (AvgIpc) is 3.15. The van der Waals surface area contributed by atoms with Crippen LogP contribution in [-0.4, -0.2) is 0 Å². The van der Waals surface area contributed by atoms with Crippen molar-refractivity contribution in [2.45, 2.75) is 0 Å². The molecule has 0 heteroatoms. The molecule has 0 N–H and O–H groups in total. The molecular weight excluding hydrogens is 480 g/mol. The van der Waals surface area contributed by atoms with Gasteiger partial charge in [-0.05, 0) is 76.5 Å². The van der Waals surface area contributed by atoms with Crippen molar-refractivity contribution in [2.75, 3.05) is 0 Å². The third-order valence-corrected chi connectivity index (χ3v) is 7.43. The lowest BCUT2D eigenvalue weighted by Crippen LogP contribution is -1.91. The Morgan fingerprint density at radius 3 is 1.60 bits per heavy atom. The molecule has 0 unspecified atom stereocenters. The summed E-state index contributed by atoms with van der Waals surface area (Å²) >= 11 is 0. The van der Waals surface area contributed by atoms with Gasteiger partial charge in [-0.2, -0.15) is 0 Å². The van der Waals surface area contributed by atoms with Crippen molar-refractivity contribution in [3.63, 3.8) is 0 Å². The van der Waals surface area contributed by atoms with Gasteiger partial charge in [-0.15, -0.1) is 0 Å². The molecule has 0 heterocycles. The van der Waals surface area contributed by atoms with E-state index >= 15 is 0 Å². The minimum atomic E-state index is -0.649. The molecule has 0 spiro atoms. The van der Waals surface area contributed by atoms with Crippen molar-refractivity contribution in [2.24, 2.45) is 0 Å². The lowest BCUT2D eigenvalue weighted by Gasteiger charge is -2.19. The predicted octanol–water partition coefficient (Wildman–Crippen LogP) is 11.3. The van der Waals surface area contributed by atoms with Crippen LogP contribution in [0.5, 0.6) is 0 Å². The maximum absolute atomic E-state index is 9.40. The molecule has 186 valence electrons. The maximum Gasteiger partial charge on any atom is 0.0629 e. The topological polar surface area (TPSA) is 0 Å². The Hall–Kier alpha value is -5.20. The molecule has 0 radical (unpaired) electrons. The number of benzene rings is 8. The van der Waals surface area contributed by atoms with E-state index in [0.717, 1.165) is 32.7 Å². The summed E-state index contributed by atoms with van der Waals surface area (Å²) in [7, 11) is 0. The van der Waals surface area contributed by atoms with Gasteiger partial charge in [-0.1, -0.05) is 157 Å². The fourth-order valence-corrected chi connectivity index (χ4v) is 5.69. The van der Waals surface area contributed by atoms with Crippen LogP contribution < -0.4 is 0 Å². The van der Waals surface area contributed by atoms with Crippen molar-refractivity contribution in [1.82, 2.24) is 0 Å². The van der Waals surface area contributed by atoms with Crippen molar-refractivity contribution in [3.8, 4) is 33.4 Å². The quantitative estimate of drug-likeness (QED) is 0.204. The molecule has 0 saturated heterocycles. The molecule has 8 aromatic rings. The van der Waals surface area contributed by atoms with Gasteiger partial charge < -0.3 is 0 Å². The van der Waals surface area contributed by atoms with Crippen LogP contribution in [0.4, 0.5) is 0 Å². The van der Waals surface area contributed by atoms with E-state index in [4.69, 9.17) is 9.60 Å². The standard InChI is InChI=1S/C40H26/c1-3-15-31-27(11-1)13-9-21-32(31)29-23-25-30(26-24-29)39-35-17-5-7-19-37(35)40(38-20-8-6-18-36(38)39)34-22-10-14-28-12-2-4-16-33(28)34/h1-26H/i1D,3D,9D,11D,13D,15D,21D,23D,24D,25D,26D. The second-order valence-electron chi connectivity index (χ2n) is 9.62. The molecule has 0 aliphatic heterocycles. The van der Waals surface area contributed by atoms with Crippen LogP contribution in [0, 0.1) is 0 Å². The van der Waals surface area contributed by atoms with E-state index in [9.17, 15) is 5.48 Å². The largest absolute Gasteiger partial charge is 0.0629 e. The van der Waals surface area contributed by atoms with Crippen molar-refractivity contribution < 1.29 is 15.1 Å². The first-order valence-electron chi connectivity index (χ1n) is 18.5. The van der Waals surface area contributed by atoms with Crippen LogP contribution in [0.15, 0.2) is 157 Å². The second kappa shape index (κ2) is 9.22. The Kier molecular flexibility index (Phi) is 3.29. The van der Waals surface area contributed by atoms with Crippen molar-refractivity contribution >= 4 is 43.1 Å². The summed E-state index contributed by atoms with van der Waals surface area (Å²) in [5.41, 5.74) is 1.78.